The average Bonchev–Trinajstić information content (AvgIpc) is 3.29. The maximum atomic E-state index is 10.6. The summed E-state index contributed by atoms with van der Waals surface area (Å²) in [7, 11) is 2.06. The molecule has 2 aromatic heterocycles. The monoisotopic (exact) mass is 319 g/mol. The quantitative estimate of drug-likeness (QED) is 0.443. The lowest BCUT2D eigenvalue weighted by atomic mass is 9.71. The molecule has 4 aromatic rings. The summed E-state index contributed by atoms with van der Waals surface area (Å²) < 4.78 is 0. The van der Waals surface area contributed by atoms with Gasteiger partial charge in [0.25, 0.3) is 0 Å². The molecule has 0 saturated heterocycles. The van der Waals surface area contributed by atoms with Crippen molar-refractivity contribution in [2.24, 2.45) is 0 Å². The van der Waals surface area contributed by atoms with Gasteiger partial charge in [-0.1, -0.05) is 54.6 Å². The van der Waals surface area contributed by atoms with Crippen molar-refractivity contribution in [3.05, 3.63) is 84.7 Å². The van der Waals surface area contributed by atoms with Crippen LogP contribution in [0, 0.1) is 0 Å². The van der Waals surface area contributed by atoms with E-state index in [9.17, 15) is 4.79 Å². The predicted octanol–water partition coefficient (Wildman–Crippen LogP) is 2.80. The highest BCUT2D eigenvalue weighted by Gasteiger charge is 1.98. The lowest BCUT2D eigenvalue weighted by molar-refractivity contribution is 0.112. The molecule has 0 amide bonds. The van der Waals surface area contributed by atoms with Gasteiger partial charge in [-0.2, -0.15) is 0 Å². The zero-order valence-corrected chi connectivity index (χ0v) is 13.0. The highest BCUT2D eigenvalue weighted by molar-refractivity contribution is 6.65. The van der Waals surface area contributed by atoms with E-state index in [0.29, 0.717) is 0 Å². The first-order valence-corrected chi connectivity index (χ1v) is 7.41. The Bertz CT molecular complexity index is 836. The van der Waals surface area contributed by atoms with Crippen molar-refractivity contribution in [1.82, 2.24) is 9.97 Å². The Balaban J connectivity index is 0.000000167. The number of benzene rings is 2. The maximum Gasteiger partial charge on any atom is 0.236 e. The van der Waals surface area contributed by atoms with E-state index < -0.39 is 0 Å². The first kappa shape index (κ1) is 17.3. The van der Waals surface area contributed by atoms with E-state index in [-0.39, 0.29) is 4.70 Å². The Kier molecular flexibility index (Phi) is 6.14. The lowest BCUT2D eigenvalue weighted by Crippen LogP contribution is -2.28. The van der Waals surface area contributed by atoms with Crippen molar-refractivity contribution in [3.63, 3.8) is 0 Å². The number of nitrogens with one attached hydrogen (secondary N) is 2. The van der Waals surface area contributed by atoms with E-state index in [1.165, 1.54) is 0 Å². The molecule has 0 fully saturated rings. The van der Waals surface area contributed by atoms with Gasteiger partial charge in [-0.15, -0.1) is 0 Å². The van der Waals surface area contributed by atoms with Crippen LogP contribution in [-0.4, -0.2) is 23.5 Å². The fourth-order valence-electron chi connectivity index (χ4n) is 2.39. The first-order valence-electron chi connectivity index (χ1n) is 7.41. The van der Waals surface area contributed by atoms with E-state index in [1.54, 1.807) is 0 Å². The average molecular weight is 319 g/mol. The summed E-state index contributed by atoms with van der Waals surface area (Å²) in [5.41, 5.74) is 2.99. The van der Waals surface area contributed by atoms with Gasteiger partial charge >= 0.3 is 0 Å². The summed E-state index contributed by atoms with van der Waals surface area (Å²) in [6.45, 7) is 0. The second-order valence-corrected chi connectivity index (χ2v) is 5.08. The predicted molar refractivity (Wildman–Crippen MR) is 98.4 cm³/mol. The number of aldehydes is 1. The van der Waals surface area contributed by atoms with Crippen molar-refractivity contribution in [2.45, 2.75) is 0 Å². The molecule has 0 spiro atoms. The Morgan fingerprint density at radius 2 is 1.38 bits per heavy atom. The van der Waals surface area contributed by atoms with Gasteiger partial charge in [-0.25, -0.2) is 0 Å². The molecule has 119 valence electrons. The number of hydrogen-bond donors (Lipinski definition) is 2. The Morgan fingerprint density at radius 1 is 0.750 bits per heavy atom. The molecule has 0 atom stereocenters. The van der Waals surface area contributed by atoms with Gasteiger partial charge in [0.15, 0.2) is 6.29 Å². The molecule has 0 saturated carbocycles. The molecule has 0 aliphatic rings. The van der Waals surface area contributed by atoms with Crippen LogP contribution in [0.5, 0.6) is 0 Å². The number of aromatic amines is 2. The van der Waals surface area contributed by atoms with Crippen LogP contribution in [0.3, 0.4) is 0 Å². The molecule has 1 radical (unpaired) electrons. The normalized spacial score (nSPS) is 9.50. The Hall–Kier alpha value is -3.08. The van der Waals surface area contributed by atoms with Gasteiger partial charge in [0, 0.05) is 5.56 Å². The van der Waals surface area contributed by atoms with Gasteiger partial charge in [-0.05, 0) is 46.5 Å². The smallest absolute Gasteiger partial charge is 0.236 e. The van der Waals surface area contributed by atoms with Crippen LogP contribution in [0.1, 0.15) is 10.4 Å². The van der Waals surface area contributed by atoms with Crippen LogP contribution in [0.15, 0.2) is 79.1 Å². The second kappa shape index (κ2) is 8.53. The topological polar surface area (TPSA) is 48.6 Å². The number of rotatable bonds is 3. The van der Waals surface area contributed by atoms with Crippen LogP contribution in [0.2, 0.25) is 0 Å². The molecule has 24 heavy (non-hydrogen) atoms. The van der Waals surface area contributed by atoms with E-state index in [2.05, 4.69) is 17.2 Å². The number of halogens is 1. The number of carbonyl (C=O) groups excluding carboxylic acids is 1. The van der Waals surface area contributed by atoms with E-state index in [0.717, 1.165) is 33.8 Å². The summed E-state index contributed by atoms with van der Waals surface area (Å²) in [5.74, 6) is 0. The number of H-pyrrole nitrogens is 2. The fourth-order valence-corrected chi connectivity index (χ4v) is 2.39. The van der Waals surface area contributed by atoms with Gasteiger partial charge in [0.2, 0.25) is 7.28 Å². The van der Waals surface area contributed by atoms with E-state index in [4.69, 9.17) is 0 Å². The summed E-state index contributed by atoms with van der Waals surface area (Å²) in [6, 6.07) is 21.6. The minimum atomic E-state index is 0. The maximum absolute atomic E-state index is 10.6. The van der Waals surface area contributed by atoms with Gasteiger partial charge < -0.3 is 9.97 Å². The number of carbonyl (C=O) groups is 1. The second-order valence-electron chi connectivity index (χ2n) is 5.08. The summed E-state index contributed by atoms with van der Waals surface area (Å²) in [6.07, 6.45) is 4.71. The lowest BCUT2D eigenvalue weighted by Gasteiger charge is -1.98. The SMILES string of the molecule is F.O=Cc1cccc2ccccc12.[B](c1ccc[nH]1)c1ccc[nH]1. The van der Waals surface area contributed by atoms with Crippen LogP contribution >= 0.6 is 0 Å². The third-order valence-electron chi connectivity index (χ3n) is 3.51. The van der Waals surface area contributed by atoms with Crippen LogP contribution < -0.4 is 11.2 Å². The highest BCUT2D eigenvalue weighted by atomic mass is 19.0. The van der Waals surface area contributed by atoms with Gasteiger partial charge in [0.05, 0.1) is 0 Å². The minimum absolute atomic E-state index is 0. The summed E-state index contributed by atoms with van der Waals surface area (Å²) in [5, 5.41) is 2.14. The third-order valence-corrected chi connectivity index (χ3v) is 3.51. The minimum Gasteiger partial charge on any atom is -0.373 e. The molecule has 0 aliphatic carbocycles. The number of fused-ring (bicyclic) bond motifs is 1. The standard InChI is InChI=1S/C11H8O.C8H8BN2.FH/c12-8-10-6-3-5-9-4-1-2-7-11(9)10;1-3-7(10-5-1)9-8-4-2-6-11-8;/h1-8H;1-6,10-11H;1H. The fraction of sp³-hybridized carbons (Fsp3) is 0. The van der Waals surface area contributed by atoms with Crippen molar-refractivity contribution in [1.29, 1.82) is 0 Å². The van der Waals surface area contributed by atoms with Crippen molar-refractivity contribution >= 4 is 35.5 Å². The summed E-state index contributed by atoms with van der Waals surface area (Å²) >= 11 is 0. The van der Waals surface area contributed by atoms with Crippen LogP contribution in [-0.2, 0) is 0 Å². The summed E-state index contributed by atoms with van der Waals surface area (Å²) in [4.78, 5) is 16.8. The van der Waals surface area contributed by atoms with E-state index in [1.807, 2.05) is 79.1 Å². The van der Waals surface area contributed by atoms with Crippen LogP contribution in [0.4, 0.5) is 4.70 Å². The molecule has 2 heterocycles. The molecule has 0 unspecified atom stereocenters. The van der Waals surface area contributed by atoms with Crippen molar-refractivity contribution in [3.8, 4) is 0 Å². The zero-order valence-electron chi connectivity index (χ0n) is 13.0. The van der Waals surface area contributed by atoms with E-state index >= 15 is 0 Å². The molecule has 0 bridgehead atoms. The molecule has 4 rings (SSSR count). The number of aromatic nitrogens is 2. The Morgan fingerprint density at radius 3 is 1.96 bits per heavy atom. The van der Waals surface area contributed by atoms with Crippen LogP contribution in [0.25, 0.3) is 10.8 Å². The van der Waals surface area contributed by atoms with Gasteiger partial charge in [-0.3, -0.25) is 9.50 Å². The molecule has 2 aromatic carbocycles. The molecular weight excluding hydrogens is 302 g/mol. The number of hydrogen-bond acceptors (Lipinski definition) is 1. The van der Waals surface area contributed by atoms with Crippen molar-refractivity contribution < 1.29 is 9.50 Å². The molecule has 5 heteroatoms. The third kappa shape index (κ3) is 4.23. The zero-order chi connectivity index (χ0) is 15.9. The Labute approximate surface area is 140 Å². The molecular formula is C19H17BFN2O. The molecule has 2 N–H and O–H groups in total. The van der Waals surface area contributed by atoms with Crippen molar-refractivity contribution in [2.75, 3.05) is 0 Å². The van der Waals surface area contributed by atoms with Gasteiger partial charge in [0.1, 0.15) is 0 Å². The largest absolute Gasteiger partial charge is 0.373 e. The molecule has 0 aliphatic heterocycles. The highest BCUT2D eigenvalue weighted by Crippen LogP contribution is 2.16. The first-order chi connectivity index (χ1) is 11.4. The molecule has 3 nitrogen and oxygen atoms in total.